The molecule has 170 valence electrons. The summed E-state index contributed by atoms with van der Waals surface area (Å²) in [6.07, 6.45) is 8.52. The molecule has 34 heavy (non-hydrogen) atoms. The molecule has 1 amide bonds. The van der Waals surface area contributed by atoms with Crippen molar-refractivity contribution < 1.29 is 4.79 Å². The van der Waals surface area contributed by atoms with E-state index in [4.69, 9.17) is 0 Å². The predicted molar refractivity (Wildman–Crippen MR) is 136 cm³/mol. The lowest BCUT2D eigenvalue weighted by molar-refractivity contribution is 0.0778. The fraction of sp³-hybridized carbons (Fsp3) is 0.115. The van der Waals surface area contributed by atoms with Gasteiger partial charge in [-0.05, 0) is 49.4 Å². The standard InChI is InChI=1S/C26H25N7O/c1-4-12-28-21(5-2)23-11-14-29-26(32-23)30-19-9-10-22-18(15-19)16-24(31-22)25(34)33(3)17-20-8-6-7-13-27-20/h4-16,31H,1,17H2,2-3H3,(H,29,30,32)/b21-5-,28-12?. The number of allylic oxidation sites excluding steroid dienone is 2. The van der Waals surface area contributed by atoms with Crippen molar-refractivity contribution in [3.63, 3.8) is 0 Å². The highest BCUT2D eigenvalue weighted by molar-refractivity contribution is 5.98. The minimum atomic E-state index is -0.105. The second kappa shape index (κ2) is 10.4. The largest absolute Gasteiger partial charge is 0.351 e. The average molecular weight is 452 g/mol. The van der Waals surface area contributed by atoms with Crippen molar-refractivity contribution in [2.75, 3.05) is 12.4 Å². The lowest BCUT2D eigenvalue weighted by atomic mass is 10.2. The Kier molecular flexibility index (Phi) is 6.88. The zero-order valence-corrected chi connectivity index (χ0v) is 19.1. The van der Waals surface area contributed by atoms with Crippen molar-refractivity contribution in [3.05, 3.63) is 96.7 Å². The smallest absolute Gasteiger partial charge is 0.270 e. The van der Waals surface area contributed by atoms with Crippen LogP contribution < -0.4 is 5.32 Å². The Morgan fingerprint density at radius 3 is 2.82 bits per heavy atom. The molecule has 0 aliphatic carbocycles. The molecule has 4 aromatic rings. The van der Waals surface area contributed by atoms with E-state index < -0.39 is 0 Å². The van der Waals surface area contributed by atoms with E-state index in [0.29, 0.717) is 23.9 Å². The first-order valence-electron chi connectivity index (χ1n) is 10.8. The lowest BCUT2D eigenvalue weighted by Gasteiger charge is -2.15. The second-order valence-corrected chi connectivity index (χ2v) is 7.55. The molecule has 3 aromatic heterocycles. The molecule has 0 aliphatic rings. The molecule has 1 aromatic carbocycles. The molecule has 8 nitrogen and oxygen atoms in total. The summed E-state index contributed by atoms with van der Waals surface area (Å²) in [5.74, 6) is 0.346. The van der Waals surface area contributed by atoms with Gasteiger partial charge < -0.3 is 15.2 Å². The fourth-order valence-corrected chi connectivity index (χ4v) is 3.45. The van der Waals surface area contributed by atoms with Crippen molar-refractivity contribution in [2.45, 2.75) is 13.5 Å². The van der Waals surface area contributed by atoms with Gasteiger partial charge in [0.25, 0.3) is 5.91 Å². The van der Waals surface area contributed by atoms with Gasteiger partial charge in [0, 0.05) is 42.2 Å². The molecule has 8 heteroatoms. The molecular weight excluding hydrogens is 426 g/mol. The number of nitrogens with zero attached hydrogens (tertiary/aromatic N) is 5. The number of hydrogen-bond acceptors (Lipinski definition) is 6. The molecule has 3 heterocycles. The quantitative estimate of drug-likeness (QED) is 0.368. The predicted octanol–water partition coefficient (Wildman–Crippen LogP) is 4.99. The summed E-state index contributed by atoms with van der Waals surface area (Å²) in [6.45, 7) is 5.98. The first kappa shape index (κ1) is 22.6. The molecule has 0 radical (unpaired) electrons. The Bertz CT molecular complexity index is 1370. The first-order chi connectivity index (χ1) is 16.6. The molecule has 0 spiro atoms. The number of carbonyl (C=O) groups excluding carboxylic acids is 1. The number of aliphatic imine (C=N–C) groups is 1. The Morgan fingerprint density at radius 2 is 2.06 bits per heavy atom. The van der Waals surface area contributed by atoms with Gasteiger partial charge in [-0.2, -0.15) is 0 Å². The number of anilines is 2. The molecule has 0 unspecified atom stereocenters. The third kappa shape index (κ3) is 5.24. The molecule has 0 atom stereocenters. The van der Waals surface area contributed by atoms with Crippen molar-refractivity contribution in [2.24, 2.45) is 4.99 Å². The molecule has 0 bridgehead atoms. The van der Waals surface area contributed by atoms with Crippen LogP contribution in [0.4, 0.5) is 11.6 Å². The Balaban J connectivity index is 1.51. The van der Waals surface area contributed by atoms with Crippen LogP contribution in [0.15, 0.2) is 84.6 Å². The minimum absolute atomic E-state index is 0.105. The number of amides is 1. The minimum Gasteiger partial charge on any atom is -0.351 e. The van der Waals surface area contributed by atoms with Crippen LogP contribution in [0.3, 0.4) is 0 Å². The lowest BCUT2D eigenvalue weighted by Crippen LogP contribution is -2.26. The zero-order valence-electron chi connectivity index (χ0n) is 19.1. The number of carbonyl (C=O) groups is 1. The zero-order chi connectivity index (χ0) is 23.9. The van der Waals surface area contributed by atoms with Crippen LogP contribution in [0.2, 0.25) is 0 Å². The van der Waals surface area contributed by atoms with Crippen molar-refractivity contribution in [1.82, 2.24) is 24.8 Å². The number of hydrogen-bond donors (Lipinski definition) is 2. The first-order valence-corrected chi connectivity index (χ1v) is 10.8. The van der Waals surface area contributed by atoms with Gasteiger partial charge in [0.2, 0.25) is 5.95 Å². The van der Waals surface area contributed by atoms with E-state index in [2.05, 4.69) is 36.8 Å². The average Bonchev–Trinajstić information content (AvgIpc) is 3.28. The Morgan fingerprint density at radius 1 is 1.18 bits per heavy atom. The highest BCUT2D eigenvalue weighted by atomic mass is 16.2. The second-order valence-electron chi connectivity index (χ2n) is 7.55. The normalized spacial score (nSPS) is 11.6. The van der Waals surface area contributed by atoms with Gasteiger partial charge in [0.15, 0.2) is 0 Å². The van der Waals surface area contributed by atoms with Gasteiger partial charge >= 0.3 is 0 Å². The van der Waals surface area contributed by atoms with Crippen LogP contribution in [-0.2, 0) is 6.54 Å². The summed E-state index contributed by atoms with van der Waals surface area (Å²) in [7, 11) is 1.76. The van der Waals surface area contributed by atoms with E-state index in [9.17, 15) is 4.79 Å². The Hall–Kier alpha value is -4.59. The number of aromatic amines is 1. The molecule has 0 fully saturated rings. The third-order valence-corrected chi connectivity index (χ3v) is 5.09. The molecule has 2 N–H and O–H groups in total. The number of fused-ring (bicyclic) bond motifs is 1. The van der Waals surface area contributed by atoms with Crippen LogP contribution in [0.1, 0.15) is 28.8 Å². The van der Waals surface area contributed by atoms with E-state index in [0.717, 1.165) is 28.0 Å². The van der Waals surface area contributed by atoms with Gasteiger partial charge in [0.05, 0.1) is 23.6 Å². The van der Waals surface area contributed by atoms with Gasteiger partial charge in [-0.3, -0.25) is 14.8 Å². The SMILES string of the molecule is C=CC=N/C(=C\C)c1ccnc(Nc2ccc3[nH]c(C(=O)N(C)Cc4ccccn4)cc3c2)n1. The van der Waals surface area contributed by atoms with E-state index in [1.807, 2.05) is 55.5 Å². The Labute approximate surface area is 197 Å². The van der Waals surface area contributed by atoms with Crippen molar-refractivity contribution in [1.29, 1.82) is 0 Å². The van der Waals surface area contributed by atoms with Crippen molar-refractivity contribution in [3.8, 4) is 0 Å². The number of H-pyrrole nitrogens is 1. The number of pyridine rings is 1. The van der Waals surface area contributed by atoms with E-state index >= 15 is 0 Å². The highest BCUT2D eigenvalue weighted by Gasteiger charge is 2.15. The molecule has 0 saturated heterocycles. The van der Waals surface area contributed by atoms with E-state index in [1.54, 1.807) is 42.7 Å². The van der Waals surface area contributed by atoms with Gasteiger partial charge in [-0.15, -0.1) is 0 Å². The van der Waals surface area contributed by atoms with Crippen LogP contribution in [0, 0.1) is 0 Å². The summed E-state index contributed by atoms with van der Waals surface area (Å²) < 4.78 is 0. The number of aromatic nitrogens is 4. The summed E-state index contributed by atoms with van der Waals surface area (Å²) in [5, 5.41) is 4.13. The molecule has 0 saturated carbocycles. The van der Waals surface area contributed by atoms with Crippen LogP contribution in [0.5, 0.6) is 0 Å². The molecular formula is C26H25N7O. The maximum atomic E-state index is 12.9. The van der Waals surface area contributed by atoms with E-state index in [-0.39, 0.29) is 5.91 Å². The van der Waals surface area contributed by atoms with Crippen molar-refractivity contribution >= 4 is 40.4 Å². The van der Waals surface area contributed by atoms with Gasteiger partial charge in [-0.1, -0.05) is 24.8 Å². The topological polar surface area (TPSA) is 99.2 Å². The maximum Gasteiger partial charge on any atom is 0.270 e. The maximum absolute atomic E-state index is 12.9. The highest BCUT2D eigenvalue weighted by Crippen LogP contribution is 2.23. The van der Waals surface area contributed by atoms with Crippen LogP contribution in [-0.4, -0.2) is 44.0 Å². The molecule has 0 aliphatic heterocycles. The van der Waals surface area contributed by atoms with Gasteiger partial charge in [-0.25, -0.2) is 9.97 Å². The molecule has 4 rings (SSSR count). The summed E-state index contributed by atoms with van der Waals surface area (Å²) in [5.41, 5.74) is 4.45. The monoisotopic (exact) mass is 451 g/mol. The van der Waals surface area contributed by atoms with Crippen LogP contribution in [0.25, 0.3) is 16.6 Å². The summed E-state index contributed by atoms with van der Waals surface area (Å²) in [4.78, 5) is 35.2. The number of rotatable bonds is 8. The summed E-state index contributed by atoms with van der Waals surface area (Å²) in [6, 6.07) is 15.1. The van der Waals surface area contributed by atoms with E-state index in [1.165, 1.54) is 0 Å². The fourth-order valence-electron chi connectivity index (χ4n) is 3.45. The summed E-state index contributed by atoms with van der Waals surface area (Å²) >= 11 is 0. The number of nitrogens with one attached hydrogen (secondary N) is 2. The van der Waals surface area contributed by atoms with Crippen LogP contribution >= 0.6 is 0 Å². The number of benzene rings is 1. The third-order valence-electron chi connectivity index (χ3n) is 5.09. The van der Waals surface area contributed by atoms with Gasteiger partial charge in [0.1, 0.15) is 5.69 Å².